The molecule has 7 heteroatoms. The predicted octanol–water partition coefficient (Wildman–Crippen LogP) is 2.74. The van der Waals surface area contributed by atoms with Crippen molar-refractivity contribution in [3.63, 3.8) is 0 Å². The first-order valence-corrected chi connectivity index (χ1v) is 7.17. The van der Waals surface area contributed by atoms with E-state index in [-0.39, 0.29) is 5.69 Å². The third kappa shape index (κ3) is 4.99. The quantitative estimate of drug-likeness (QED) is 0.250. The van der Waals surface area contributed by atoms with Crippen molar-refractivity contribution in [3.8, 4) is 0 Å². The molecule has 0 bridgehead atoms. The van der Waals surface area contributed by atoms with E-state index >= 15 is 0 Å². The summed E-state index contributed by atoms with van der Waals surface area (Å²) in [7, 11) is 0. The second-order valence-electron chi connectivity index (χ2n) is 4.96. The zero-order chi connectivity index (χ0) is 16.7. The maximum absolute atomic E-state index is 10.9. The van der Waals surface area contributed by atoms with E-state index < -0.39 is 4.92 Å². The number of hydrogen-bond donors (Lipinski definition) is 3. The van der Waals surface area contributed by atoms with Crippen molar-refractivity contribution >= 4 is 23.0 Å². The van der Waals surface area contributed by atoms with E-state index in [4.69, 9.17) is 5.73 Å². The Labute approximate surface area is 134 Å². The first-order valence-electron chi connectivity index (χ1n) is 7.17. The van der Waals surface area contributed by atoms with Crippen LogP contribution in [0.1, 0.15) is 5.56 Å². The highest BCUT2D eigenvalue weighted by atomic mass is 16.6. The molecule has 2 aromatic carbocycles. The standard InChI is InChI=1S/C16H19N5O2/c1-12-5-4-6-13(11-12)20-16(17)19-10-9-18-14-7-2-3-8-15(14)21(22)23/h2-8,11,18H,9-10H2,1H3,(H3,17,19,20). The highest BCUT2D eigenvalue weighted by molar-refractivity contribution is 5.92. The van der Waals surface area contributed by atoms with Crippen LogP contribution < -0.4 is 16.4 Å². The number of para-hydroxylation sites is 2. The van der Waals surface area contributed by atoms with E-state index in [2.05, 4.69) is 15.6 Å². The van der Waals surface area contributed by atoms with Crippen LogP contribution in [-0.2, 0) is 0 Å². The van der Waals surface area contributed by atoms with Crippen LogP contribution in [0.25, 0.3) is 0 Å². The summed E-state index contributed by atoms with van der Waals surface area (Å²) in [5, 5.41) is 16.9. The van der Waals surface area contributed by atoms with E-state index in [0.717, 1.165) is 11.3 Å². The number of benzene rings is 2. The summed E-state index contributed by atoms with van der Waals surface area (Å²) in [6, 6.07) is 14.3. The topological polar surface area (TPSA) is 106 Å². The van der Waals surface area contributed by atoms with Crippen molar-refractivity contribution in [1.82, 2.24) is 0 Å². The van der Waals surface area contributed by atoms with E-state index in [1.165, 1.54) is 6.07 Å². The van der Waals surface area contributed by atoms with E-state index in [9.17, 15) is 10.1 Å². The molecule has 2 rings (SSSR count). The van der Waals surface area contributed by atoms with Gasteiger partial charge in [0, 0.05) is 18.3 Å². The number of aryl methyl sites for hydroxylation is 1. The van der Waals surface area contributed by atoms with Gasteiger partial charge >= 0.3 is 0 Å². The van der Waals surface area contributed by atoms with Gasteiger partial charge in [0.15, 0.2) is 5.96 Å². The van der Waals surface area contributed by atoms with Gasteiger partial charge in [-0.2, -0.15) is 0 Å². The van der Waals surface area contributed by atoms with Crippen LogP contribution in [0.5, 0.6) is 0 Å². The average molecular weight is 313 g/mol. The molecule has 0 spiro atoms. The molecule has 0 radical (unpaired) electrons. The number of guanidine groups is 1. The SMILES string of the molecule is Cc1cccc(NC(N)=NCCNc2ccccc2[N+](=O)[O-])c1. The number of nitrogens with two attached hydrogens (primary N) is 1. The van der Waals surface area contributed by atoms with Gasteiger partial charge in [-0.1, -0.05) is 24.3 Å². The lowest BCUT2D eigenvalue weighted by Gasteiger charge is -2.07. The summed E-state index contributed by atoms with van der Waals surface area (Å²) >= 11 is 0. The molecule has 0 aliphatic carbocycles. The molecular weight excluding hydrogens is 294 g/mol. The summed E-state index contributed by atoms with van der Waals surface area (Å²) < 4.78 is 0. The maximum Gasteiger partial charge on any atom is 0.292 e. The Morgan fingerprint density at radius 2 is 2.04 bits per heavy atom. The molecule has 0 aliphatic rings. The fraction of sp³-hybridized carbons (Fsp3) is 0.188. The van der Waals surface area contributed by atoms with Gasteiger partial charge in [-0.05, 0) is 30.7 Å². The monoisotopic (exact) mass is 313 g/mol. The first kappa shape index (κ1) is 16.3. The van der Waals surface area contributed by atoms with Gasteiger partial charge in [0.1, 0.15) is 5.69 Å². The van der Waals surface area contributed by atoms with E-state index in [1.54, 1.807) is 18.2 Å². The number of rotatable bonds is 6. The van der Waals surface area contributed by atoms with Crippen LogP contribution in [0.2, 0.25) is 0 Å². The van der Waals surface area contributed by atoms with Gasteiger partial charge in [-0.25, -0.2) is 0 Å². The minimum Gasteiger partial charge on any atom is -0.378 e. The summed E-state index contributed by atoms with van der Waals surface area (Å²) in [5.74, 6) is 0.306. The Bertz CT molecular complexity index is 715. The lowest BCUT2D eigenvalue weighted by Crippen LogP contribution is -2.23. The number of nitrogens with one attached hydrogen (secondary N) is 2. The molecular formula is C16H19N5O2. The molecule has 0 atom stereocenters. The minimum atomic E-state index is -0.417. The zero-order valence-electron chi connectivity index (χ0n) is 12.8. The Kier molecular flexibility index (Phi) is 5.51. The number of nitro benzene ring substituents is 1. The highest BCUT2D eigenvalue weighted by Gasteiger charge is 2.10. The third-order valence-electron chi connectivity index (χ3n) is 3.10. The fourth-order valence-electron chi connectivity index (χ4n) is 2.06. The minimum absolute atomic E-state index is 0.0438. The molecule has 23 heavy (non-hydrogen) atoms. The van der Waals surface area contributed by atoms with Crippen molar-refractivity contribution < 1.29 is 4.92 Å². The lowest BCUT2D eigenvalue weighted by molar-refractivity contribution is -0.384. The van der Waals surface area contributed by atoms with Crippen LogP contribution in [0.3, 0.4) is 0 Å². The summed E-state index contributed by atoms with van der Waals surface area (Å²) in [6.45, 7) is 2.84. The fourth-order valence-corrected chi connectivity index (χ4v) is 2.06. The van der Waals surface area contributed by atoms with Gasteiger partial charge < -0.3 is 16.4 Å². The number of nitrogens with zero attached hydrogens (tertiary/aromatic N) is 2. The molecule has 0 aliphatic heterocycles. The van der Waals surface area contributed by atoms with E-state index in [0.29, 0.717) is 24.7 Å². The molecule has 0 fully saturated rings. The van der Waals surface area contributed by atoms with Crippen molar-refractivity contribution in [1.29, 1.82) is 0 Å². The van der Waals surface area contributed by atoms with Gasteiger partial charge in [0.25, 0.3) is 5.69 Å². The Balaban J connectivity index is 1.86. The van der Waals surface area contributed by atoms with Crippen LogP contribution in [0.4, 0.5) is 17.1 Å². The van der Waals surface area contributed by atoms with Gasteiger partial charge in [-0.3, -0.25) is 15.1 Å². The zero-order valence-corrected chi connectivity index (χ0v) is 12.8. The Hall–Kier alpha value is -3.09. The normalized spacial score (nSPS) is 11.1. The van der Waals surface area contributed by atoms with Crippen LogP contribution >= 0.6 is 0 Å². The van der Waals surface area contributed by atoms with Crippen molar-refractivity contribution in [3.05, 3.63) is 64.2 Å². The average Bonchev–Trinajstić information content (AvgIpc) is 2.52. The molecule has 2 aromatic rings. The van der Waals surface area contributed by atoms with Crippen molar-refractivity contribution in [2.75, 3.05) is 23.7 Å². The van der Waals surface area contributed by atoms with Crippen LogP contribution in [0.15, 0.2) is 53.5 Å². The van der Waals surface area contributed by atoms with Gasteiger partial charge in [-0.15, -0.1) is 0 Å². The number of anilines is 2. The third-order valence-corrected chi connectivity index (χ3v) is 3.10. The van der Waals surface area contributed by atoms with Crippen LogP contribution in [-0.4, -0.2) is 24.0 Å². The van der Waals surface area contributed by atoms with Gasteiger partial charge in [0.2, 0.25) is 0 Å². The summed E-state index contributed by atoms with van der Waals surface area (Å²) in [4.78, 5) is 14.7. The molecule has 0 saturated heterocycles. The highest BCUT2D eigenvalue weighted by Crippen LogP contribution is 2.22. The number of nitro groups is 1. The smallest absolute Gasteiger partial charge is 0.292 e. The molecule has 0 unspecified atom stereocenters. The predicted molar refractivity (Wildman–Crippen MR) is 92.9 cm³/mol. The second kappa shape index (κ2) is 7.79. The summed E-state index contributed by atoms with van der Waals surface area (Å²) in [5.41, 5.74) is 8.33. The molecule has 7 nitrogen and oxygen atoms in total. The first-order chi connectivity index (χ1) is 11.1. The number of hydrogen-bond acceptors (Lipinski definition) is 4. The molecule has 0 saturated carbocycles. The molecule has 0 aromatic heterocycles. The molecule has 4 N–H and O–H groups in total. The van der Waals surface area contributed by atoms with E-state index in [1.807, 2.05) is 31.2 Å². The van der Waals surface area contributed by atoms with Crippen LogP contribution in [0, 0.1) is 17.0 Å². The number of aliphatic imine (C=N–C) groups is 1. The maximum atomic E-state index is 10.9. The van der Waals surface area contributed by atoms with Crippen molar-refractivity contribution in [2.45, 2.75) is 6.92 Å². The summed E-state index contributed by atoms with van der Waals surface area (Å²) in [6.07, 6.45) is 0. The van der Waals surface area contributed by atoms with Crippen molar-refractivity contribution in [2.24, 2.45) is 10.7 Å². The lowest BCUT2D eigenvalue weighted by atomic mass is 10.2. The Morgan fingerprint density at radius 3 is 2.78 bits per heavy atom. The second-order valence-corrected chi connectivity index (χ2v) is 4.96. The van der Waals surface area contributed by atoms with Gasteiger partial charge in [0.05, 0.1) is 11.5 Å². The molecule has 120 valence electrons. The Morgan fingerprint density at radius 1 is 1.26 bits per heavy atom. The molecule has 0 amide bonds. The molecule has 0 heterocycles. The largest absolute Gasteiger partial charge is 0.378 e.